The van der Waals surface area contributed by atoms with Crippen molar-refractivity contribution in [2.45, 2.75) is 25.8 Å². The zero-order valence-electron chi connectivity index (χ0n) is 12.1. The van der Waals surface area contributed by atoms with Gasteiger partial charge in [0.05, 0.1) is 13.2 Å². The van der Waals surface area contributed by atoms with E-state index in [-0.39, 0.29) is 0 Å². The van der Waals surface area contributed by atoms with Crippen molar-refractivity contribution in [1.82, 2.24) is 10.2 Å². The number of allylic oxidation sites excluding steroid dienone is 2. The summed E-state index contributed by atoms with van der Waals surface area (Å²) < 4.78 is 5.60. The molecule has 1 N–H and O–H groups in total. The molecular formula is C15H28N2O. The van der Waals surface area contributed by atoms with Crippen molar-refractivity contribution >= 4 is 0 Å². The largest absolute Gasteiger partial charge is 0.379 e. The van der Waals surface area contributed by atoms with Crippen molar-refractivity contribution in [2.24, 2.45) is 17.8 Å². The maximum atomic E-state index is 5.60. The molecule has 3 heteroatoms. The molecule has 0 aromatic carbocycles. The second-order valence-electron chi connectivity index (χ2n) is 6.10. The Morgan fingerprint density at radius 1 is 1.28 bits per heavy atom. The van der Waals surface area contributed by atoms with Crippen LogP contribution in [0.15, 0.2) is 12.2 Å². The summed E-state index contributed by atoms with van der Waals surface area (Å²) in [6.07, 6.45) is 7.63. The third kappa shape index (κ3) is 3.81. The van der Waals surface area contributed by atoms with E-state index in [0.717, 1.165) is 44.1 Å². The molecule has 18 heavy (non-hydrogen) atoms. The summed E-state index contributed by atoms with van der Waals surface area (Å²) in [7, 11) is 4.15. The van der Waals surface area contributed by atoms with Crippen molar-refractivity contribution in [2.75, 3.05) is 40.4 Å². The maximum Gasteiger partial charge on any atom is 0.0593 e. The number of nitrogens with zero attached hydrogens (tertiary/aromatic N) is 1. The molecule has 104 valence electrons. The molecule has 2 bridgehead atoms. The van der Waals surface area contributed by atoms with Crippen LogP contribution >= 0.6 is 0 Å². The van der Waals surface area contributed by atoms with Gasteiger partial charge in [0.15, 0.2) is 0 Å². The van der Waals surface area contributed by atoms with Gasteiger partial charge in [0.25, 0.3) is 0 Å². The summed E-state index contributed by atoms with van der Waals surface area (Å²) in [5.74, 6) is 2.56. The molecular weight excluding hydrogens is 224 g/mol. The van der Waals surface area contributed by atoms with Gasteiger partial charge in [0, 0.05) is 19.1 Å². The third-order valence-corrected chi connectivity index (χ3v) is 4.37. The maximum absolute atomic E-state index is 5.60. The Bertz CT molecular complexity index is 278. The zero-order chi connectivity index (χ0) is 13.0. The van der Waals surface area contributed by atoms with Gasteiger partial charge in [-0.2, -0.15) is 0 Å². The molecule has 0 spiro atoms. The molecule has 1 saturated carbocycles. The lowest BCUT2D eigenvalue weighted by molar-refractivity contribution is 0.115. The third-order valence-electron chi connectivity index (χ3n) is 4.37. The van der Waals surface area contributed by atoms with Gasteiger partial charge < -0.3 is 15.0 Å². The van der Waals surface area contributed by atoms with Gasteiger partial charge in [0.1, 0.15) is 0 Å². The van der Waals surface area contributed by atoms with Gasteiger partial charge in [-0.15, -0.1) is 0 Å². The molecule has 2 rings (SSSR count). The molecule has 0 aliphatic heterocycles. The van der Waals surface area contributed by atoms with E-state index < -0.39 is 0 Å². The summed E-state index contributed by atoms with van der Waals surface area (Å²) in [5.41, 5.74) is 0. The molecule has 1 fully saturated rings. The van der Waals surface area contributed by atoms with E-state index in [0.29, 0.717) is 6.04 Å². The average molecular weight is 252 g/mol. The van der Waals surface area contributed by atoms with E-state index in [9.17, 15) is 0 Å². The zero-order valence-corrected chi connectivity index (χ0v) is 12.1. The monoisotopic (exact) mass is 252 g/mol. The van der Waals surface area contributed by atoms with Crippen LogP contribution in [0.1, 0.15) is 19.8 Å². The first-order valence-corrected chi connectivity index (χ1v) is 7.31. The number of ether oxygens (including phenoxy) is 1. The summed E-state index contributed by atoms with van der Waals surface area (Å²) in [6.45, 7) is 5.98. The van der Waals surface area contributed by atoms with Crippen LogP contribution in [0.5, 0.6) is 0 Å². The van der Waals surface area contributed by atoms with Gasteiger partial charge in [-0.25, -0.2) is 0 Å². The van der Waals surface area contributed by atoms with Gasteiger partial charge in [-0.1, -0.05) is 12.2 Å². The van der Waals surface area contributed by atoms with Gasteiger partial charge >= 0.3 is 0 Å². The molecule has 0 radical (unpaired) electrons. The Kier molecular flexibility index (Phi) is 5.22. The molecule has 0 heterocycles. The first-order valence-electron chi connectivity index (χ1n) is 7.31. The molecule has 4 atom stereocenters. The van der Waals surface area contributed by atoms with Gasteiger partial charge in [0.2, 0.25) is 0 Å². The summed E-state index contributed by atoms with van der Waals surface area (Å²) in [6, 6.07) is 0.627. The smallest absolute Gasteiger partial charge is 0.0593 e. The van der Waals surface area contributed by atoms with E-state index in [1.54, 1.807) is 0 Å². The van der Waals surface area contributed by atoms with Crippen molar-refractivity contribution in [3.63, 3.8) is 0 Å². The lowest BCUT2D eigenvalue weighted by Gasteiger charge is -2.26. The van der Waals surface area contributed by atoms with Crippen molar-refractivity contribution in [1.29, 1.82) is 0 Å². The fourth-order valence-electron chi connectivity index (χ4n) is 3.26. The van der Waals surface area contributed by atoms with Crippen LogP contribution in [0.4, 0.5) is 0 Å². The van der Waals surface area contributed by atoms with Gasteiger partial charge in [-0.3, -0.25) is 0 Å². The lowest BCUT2D eigenvalue weighted by Crippen LogP contribution is -2.37. The molecule has 0 aromatic heterocycles. The highest BCUT2D eigenvalue weighted by Gasteiger charge is 2.38. The highest BCUT2D eigenvalue weighted by atomic mass is 16.5. The Morgan fingerprint density at radius 2 is 2.11 bits per heavy atom. The molecule has 4 unspecified atom stereocenters. The number of hydrogen-bond donors (Lipinski definition) is 1. The summed E-state index contributed by atoms with van der Waals surface area (Å²) >= 11 is 0. The SMILES string of the molecule is CC(NCCOCCN(C)C)C1CC2C=CC1C2. The normalized spacial score (nSPS) is 31.4. The fourth-order valence-corrected chi connectivity index (χ4v) is 3.26. The highest BCUT2D eigenvalue weighted by Crippen LogP contribution is 2.44. The quantitative estimate of drug-likeness (QED) is 0.526. The van der Waals surface area contributed by atoms with Crippen LogP contribution in [0.3, 0.4) is 0 Å². The summed E-state index contributed by atoms with van der Waals surface area (Å²) in [4.78, 5) is 2.15. The number of rotatable bonds is 8. The first-order chi connectivity index (χ1) is 8.66. The second-order valence-corrected chi connectivity index (χ2v) is 6.10. The number of hydrogen-bond acceptors (Lipinski definition) is 3. The van der Waals surface area contributed by atoms with E-state index in [1.807, 2.05) is 0 Å². The molecule has 0 amide bonds. The van der Waals surface area contributed by atoms with E-state index in [2.05, 4.69) is 43.4 Å². The predicted octanol–water partition coefficient (Wildman–Crippen LogP) is 1.75. The average Bonchev–Trinajstić information content (AvgIpc) is 2.94. The van der Waals surface area contributed by atoms with E-state index in [4.69, 9.17) is 4.74 Å². The highest BCUT2D eigenvalue weighted by molar-refractivity contribution is 5.11. The number of fused-ring (bicyclic) bond motifs is 2. The molecule has 2 aliphatic carbocycles. The van der Waals surface area contributed by atoms with Crippen LogP contribution in [-0.4, -0.2) is 51.3 Å². The summed E-state index contributed by atoms with van der Waals surface area (Å²) in [5, 5.41) is 3.63. The van der Waals surface area contributed by atoms with Gasteiger partial charge in [-0.05, 0) is 51.6 Å². The minimum absolute atomic E-state index is 0.627. The molecule has 3 nitrogen and oxygen atoms in total. The Hall–Kier alpha value is -0.380. The van der Waals surface area contributed by atoms with Crippen LogP contribution < -0.4 is 5.32 Å². The number of nitrogens with one attached hydrogen (secondary N) is 1. The lowest BCUT2D eigenvalue weighted by atomic mass is 9.87. The van der Waals surface area contributed by atoms with Crippen molar-refractivity contribution < 1.29 is 4.74 Å². The second kappa shape index (κ2) is 6.69. The van der Waals surface area contributed by atoms with Crippen LogP contribution in [-0.2, 0) is 4.74 Å². The Balaban J connectivity index is 1.53. The minimum atomic E-state index is 0.627. The molecule has 0 aromatic rings. The molecule has 2 aliphatic rings. The topological polar surface area (TPSA) is 24.5 Å². The fraction of sp³-hybridized carbons (Fsp3) is 0.867. The van der Waals surface area contributed by atoms with Crippen LogP contribution in [0.2, 0.25) is 0 Å². The standard InChI is InChI=1S/C15H28N2O/c1-12(15-11-13-4-5-14(15)10-13)16-6-8-18-9-7-17(2)3/h4-5,12-16H,6-11H2,1-3H3. The first kappa shape index (κ1) is 14.0. The van der Waals surface area contributed by atoms with E-state index >= 15 is 0 Å². The van der Waals surface area contributed by atoms with Crippen molar-refractivity contribution in [3.05, 3.63) is 12.2 Å². The van der Waals surface area contributed by atoms with Crippen LogP contribution in [0.25, 0.3) is 0 Å². The minimum Gasteiger partial charge on any atom is -0.379 e. The van der Waals surface area contributed by atoms with Crippen molar-refractivity contribution in [3.8, 4) is 0 Å². The predicted molar refractivity (Wildman–Crippen MR) is 75.7 cm³/mol. The Morgan fingerprint density at radius 3 is 2.72 bits per heavy atom. The molecule has 0 saturated heterocycles. The van der Waals surface area contributed by atoms with Crippen LogP contribution in [0, 0.1) is 17.8 Å². The Labute approximate surface area is 112 Å². The number of likely N-dealkylation sites (N-methyl/N-ethyl adjacent to an activating group) is 1. The van der Waals surface area contributed by atoms with E-state index in [1.165, 1.54) is 12.8 Å².